The third-order valence-corrected chi connectivity index (χ3v) is 3.24. The van der Waals surface area contributed by atoms with E-state index in [1.165, 1.54) is 6.08 Å². The Morgan fingerprint density at radius 3 is 2.68 bits per heavy atom. The Bertz CT molecular complexity index is 634. The molecule has 0 aromatic heterocycles. The summed E-state index contributed by atoms with van der Waals surface area (Å²) in [4.78, 5) is 27.4. The maximum atomic E-state index is 12.2. The quantitative estimate of drug-likeness (QED) is 0.335. The van der Waals surface area contributed by atoms with Gasteiger partial charge in [0.05, 0.1) is 6.54 Å². The van der Waals surface area contributed by atoms with Crippen molar-refractivity contribution in [2.75, 3.05) is 19.6 Å². The van der Waals surface area contributed by atoms with Gasteiger partial charge in [-0.2, -0.15) is 5.26 Å². The van der Waals surface area contributed by atoms with Crippen LogP contribution in [-0.4, -0.2) is 36.5 Å². The van der Waals surface area contributed by atoms with Crippen molar-refractivity contribution in [1.29, 1.82) is 5.26 Å². The van der Waals surface area contributed by atoms with Crippen LogP contribution in [0.5, 0.6) is 0 Å². The molecular weight excluding hydrogens is 278 g/mol. The minimum Gasteiger partial charge on any atom is -0.339 e. The van der Waals surface area contributed by atoms with E-state index in [0.717, 1.165) is 11.1 Å². The van der Waals surface area contributed by atoms with Crippen LogP contribution in [-0.2, 0) is 16.0 Å². The molecule has 0 radical (unpaired) electrons. The SMILES string of the molecule is CCN(CC)C(=O)/C(C#N)=C/c1cccc(CCN=C=O)c1. The van der Waals surface area contributed by atoms with Crippen molar-refractivity contribution >= 4 is 18.1 Å². The topological polar surface area (TPSA) is 73.5 Å². The van der Waals surface area contributed by atoms with Gasteiger partial charge in [-0.1, -0.05) is 24.3 Å². The van der Waals surface area contributed by atoms with Crippen molar-refractivity contribution in [3.63, 3.8) is 0 Å². The Balaban J connectivity index is 2.98. The van der Waals surface area contributed by atoms with E-state index in [1.54, 1.807) is 11.0 Å². The molecule has 5 nitrogen and oxygen atoms in total. The van der Waals surface area contributed by atoms with Crippen molar-refractivity contribution in [1.82, 2.24) is 4.90 Å². The van der Waals surface area contributed by atoms with Gasteiger partial charge in [0.1, 0.15) is 11.6 Å². The highest BCUT2D eigenvalue weighted by molar-refractivity contribution is 6.01. The largest absolute Gasteiger partial charge is 0.339 e. The molecule has 0 N–H and O–H groups in total. The van der Waals surface area contributed by atoms with Crippen molar-refractivity contribution in [3.05, 3.63) is 41.0 Å². The molecule has 0 saturated heterocycles. The van der Waals surface area contributed by atoms with Gasteiger partial charge in [0.2, 0.25) is 6.08 Å². The standard InChI is InChI=1S/C17H19N3O2/c1-3-20(4-2)17(22)16(12-18)11-15-7-5-6-14(10-15)8-9-19-13-21/h5-7,10-11H,3-4,8-9H2,1-2H3/b16-11+. The number of amides is 1. The fraction of sp³-hybridized carbons (Fsp3) is 0.353. The van der Waals surface area contributed by atoms with E-state index in [9.17, 15) is 14.9 Å². The molecule has 0 aliphatic rings. The lowest BCUT2D eigenvalue weighted by atomic mass is 10.1. The molecule has 0 bridgehead atoms. The molecule has 0 fully saturated rings. The van der Waals surface area contributed by atoms with Gasteiger partial charge in [0.15, 0.2) is 0 Å². The molecule has 0 aliphatic carbocycles. The summed E-state index contributed by atoms with van der Waals surface area (Å²) in [7, 11) is 0. The van der Waals surface area contributed by atoms with Crippen LogP contribution in [0.15, 0.2) is 34.8 Å². The molecule has 0 atom stereocenters. The van der Waals surface area contributed by atoms with Crippen molar-refractivity contribution in [3.8, 4) is 6.07 Å². The maximum absolute atomic E-state index is 12.2. The normalized spacial score (nSPS) is 10.5. The van der Waals surface area contributed by atoms with Crippen molar-refractivity contribution in [2.45, 2.75) is 20.3 Å². The fourth-order valence-electron chi connectivity index (χ4n) is 2.06. The Morgan fingerprint density at radius 1 is 1.36 bits per heavy atom. The van der Waals surface area contributed by atoms with E-state index < -0.39 is 0 Å². The van der Waals surface area contributed by atoms with Gasteiger partial charge in [-0.25, -0.2) is 9.79 Å². The van der Waals surface area contributed by atoms with E-state index in [0.29, 0.717) is 26.1 Å². The summed E-state index contributed by atoms with van der Waals surface area (Å²) in [5.74, 6) is -0.261. The number of rotatable bonds is 7. The Morgan fingerprint density at radius 2 is 2.09 bits per heavy atom. The first-order valence-electron chi connectivity index (χ1n) is 7.19. The molecule has 0 saturated carbocycles. The number of carbonyl (C=O) groups is 1. The van der Waals surface area contributed by atoms with Crippen LogP contribution in [0.4, 0.5) is 0 Å². The number of nitrogens with zero attached hydrogens (tertiary/aromatic N) is 3. The van der Waals surface area contributed by atoms with Gasteiger partial charge in [0, 0.05) is 13.1 Å². The van der Waals surface area contributed by atoms with Crippen LogP contribution in [0.2, 0.25) is 0 Å². The highest BCUT2D eigenvalue weighted by Gasteiger charge is 2.15. The molecule has 22 heavy (non-hydrogen) atoms. The minimum atomic E-state index is -0.261. The average molecular weight is 297 g/mol. The number of nitriles is 1. The highest BCUT2D eigenvalue weighted by atomic mass is 16.2. The van der Waals surface area contributed by atoms with Gasteiger partial charge in [-0.3, -0.25) is 4.79 Å². The minimum absolute atomic E-state index is 0.117. The lowest BCUT2D eigenvalue weighted by Crippen LogP contribution is -2.31. The number of hydrogen-bond donors (Lipinski definition) is 0. The monoisotopic (exact) mass is 297 g/mol. The molecule has 1 aromatic rings. The van der Waals surface area contributed by atoms with Crippen LogP contribution >= 0.6 is 0 Å². The lowest BCUT2D eigenvalue weighted by Gasteiger charge is -2.17. The molecule has 1 aromatic carbocycles. The lowest BCUT2D eigenvalue weighted by molar-refractivity contribution is -0.126. The zero-order chi connectivity index (χ0) is 16.4. The van der Waals surface area contributed by atoms with Crippen molar-refractivity contribution in [2.24, 2.45) is 4.99 Å². The third kappa shape index (κ3) is 5.01. The Hall–Kier alpha value is -2.70. The second-order valence-electron chi connectivity index (χ2n) is 4.62. The first kappa shape index (κ1) is 17.4. The number of benzene rings is 1. The number of likely N-dealkylation sites (N-methyl/N-ethyl adjacent to an activating group) is 1. The zero-order valence-electron chi connectivity index (χ0n) is 12.9. The molecule has 0 aliphatic heterocycles. The predicted molar refractivity (Wildman–Crippen MR) is 84.7 cm³/mol. The second kappa shape index (κ2) is 9.28. The van der Waals surface area contributed by atoms with E-state index in [1.807, 2.05) is 44.2 Å². The summed E-state index contributed by atoms with van der Waals surface area (Å²) < 4.78 is 0. The van der Waals surface area contributed by atoms with Crippen molar-refractivity contribution < 1.29 is 9.59 Å². The highest BCUT2D eigenvalue weighted by Crippen LogP contribution is 2.12. The molecule has 1 amide bonds. The predicted octanol–water partition coefficient (Wildman–Crippen LogP) is 2.34. The summed E-state index contributed by atoms with van der Waals surface area (Å²) in [5.41, 5.74) is 1.89. The molecular formula is C17H19N3O2. The number of hydrogen-bond acceptors (Lipinski definition) is 4. The van der Waals surface area contributed by atoms with E-state index in [2.05, 4.69) is 4.99 Å². The van der Waals surface area contributed by atoms with Gasteiger partial charge >= 0.3 is 0 Å². The number of carbonyl (C=O) groups excluding carboxylic acids is 2. The molecule has 1 rings (SSSR count). The van der Waals surface area contributed by atoms with Crippen LogP contribution in [0.1, 0.15) is 25.0 Å². The second-order valence-corrected chi connectivity index (χ2v) is 4.62. The van der Waals surface area contributed by atoms with Crippen LogP contribution in [0.3, 0.4) is 0 Å². The average Bonchev–Trinajstić information content (AvgIpc) is 2.54. The van der Waals surface area contributed by atoms with Crippen LogP contribution in [0, 0.1) is 11.3 Å². The number of aliphatic imine (C=N–C) groups is 1. The van der Waals surface area contributed by atoms with Gasteiger partial charge in [-0.15, -0.1) is 0 Å². The Kier molecular flexibility index (Phi) is 7.32. The third-order valence-electron chi connectivity index (χ3n) is 3.24. The van der Waals surface area contributed by atoms with Gasteiger partial charge in [-0.05, 0) is 37.5 Å². The Labute approximate surface area is 130 Å². The summed E-state index contributed by atoms with van der Waals surface area (Å²) in [5, 5.41) is 9.22. The van der Waals surface area contributed by atoms with Gasteiger partial charge < -0.3 is 4.90 Å². The molecule has 114 valence electrons. The molecule has 0 spiro atoms. The maximum Gasteiger partial charge on any atom is 0.264 e. The van der Waals surface area contributed by atoms with E-state index >= 15 is 0 Å². The van der Waals surface area contributed by atoms with Crippen LogP contribution < -0.4 is 0 Å². The summed E-state index contributed by atoms with van der Waals surface area (Å²) in [6.07, 6.45) is 3.71. The zero-order valence-corrected chi connectivity index (χ0v) is 12.9. The molecule has 0 heterocycles. The first-order chi connectivity index (χ1) is 10.7. The summed E-state index contributed by atoms with van der Waals surface area (Å²) in [6, 6.07) is 9.45. The molecule has 0 unspecified atom stereocenters. The smallest absolute Gasteiger partial charge is 0.264 e. The number of isocyanates is 1. The van der Waals surface area contributed by atoms with Gasteiger partial charge in [0.25, 0.3) is 5.91 Å². The fourth-order valence-corrected chi connectivity index (χ4v) is 2.06. The summed E-state index contributed by atoms with van der Waals surface area (Å²) >= 11 is 0. The first-order valence-corrected chi connectivity index (χ1v) is 7.19. The molecule has 5 heteroatoms. The van der Waals surface area contributed by atoms with Crippen LogP contribution in [0.25, 0.3) is 6.08 Å². The van der Waals surface area contributed by atoms with E-state index in [-0.39, 0.29) is 11.5 Å². The summed E-state index contributed by atoms with van der Waals surface area (Å²) in [6.45, 7) is 5.27. The van der Waals surface area contributed by atoms with E-state index in [4.69, 9.17) is 0 Å².